The van der Waals surface area contributed by atoms with E-state index in [9.17, 15) is 14.4 Å². The van der Waals surface area contributed by atoms with Crippen molar-refractivity contribution in [2.45, 2.75) is 32.2 Å². The van der Waals surface area contributed by atoms with Gasteiger partial charge in [-0.3, -0.25) is 19.3 Å². The number of nitrogens with one attached hydrogen (secondary N) is 1. The molecule has 3 aromatic rings. The van der Waals surface area contributed by atoms with E-state index in [2.05, 4.69) is 20.8 Å². The van der Waals surface area contributed by atoms with Gasteiger partial charge in [-0.15, -0.1) is 5.10 Å². The van der Waals surface area contributed by atoms with Gasteiger partial charge in [0.15, 0.2) is 5.82 Å². The second-order valence-electron chi connectivity index (χ2n) is 7.86. The number of carbonyl (C=O) groups excluding carboxylic acids is 3. The number of tetrazole rings is 1. The van der Waals surface area contributed by atoms with Crippen molar-refractivity contribution in [3.8, 4) is 11.4 Å². The highest BCUT2D eigenvalue weighted by atomic mass is 16.2. The minimum atomic E-state index is -0.356. The number of aryl methyl sites for hydroxylation is 1. The number of hydrogen-bond donors (Lipinski definition) is 1. The molecule has 0 bridgehead atoms. The first-order chi connectivity index (χ1) is 15.0. The van der Waals surface area contributed by atoms with Crippen molar-refractivity contribution in [1.82, 2.24) is 25.1 Å². The third kappa shape index (κ3) is 3.58. The second kappa shape index (κ2) is 7.42. The average Bonchev–Trinajstić information content (AvgIpc) is 3.44. The molecular formula is C22H20N6O3. The van der Waals surface area contributed by atoms with E-state index in [4.69, 9.17) is 0 Å². The summed E-state index contributed by atoms with van der Waals surface area (Å²) in [5, 5.41) is 14.7. The molecule has 31 heavy (non-hydrogen) atoms. The Morgan fingerprint density at radius 2 is 1.81 bits per heavy atom. The number of nitrogens with zero attached hydrogens (tertiary/aromatic N) is 5. The Balaban J connectivity index is 1.20. The Morgan fingerprint density at radius 1 is 1.06 bits per heavy atom. The highest BCUT2D eigenvalue weighted by Gasteiger charge is 2.35. The van der Waals surface area contributed by atoms with Crippen LogP contribution in [0.3, 0.4) is 0 Å². The molecule has 1 aliphatic carbocycles. The van der Waals surface area contributed by atoms with Gasteiger partial charge in [0.05, 0.1) is 17.2 Å². The lowest BCUT2D eigenvalue weighted by Gasteiger charge is -2.13. The van der Waals surface area contributed by atoms with Crippen LogP contribution < -0.4 is 5.32 Å². The number of carbonyl (C=O) groups is 3. The van der Waals surface area contributed by atoms with Gasteiger partial charge in [0.1, 0.15) is 0 Å². The fraction of sp³-hybridized carbons (Fsp3) is 0.273. The Kier molecular flexibility index (Phi) is 4.58. The van der Waals surface area contributed by atoms with Crippen LogP contribution in [-0.4, -0.2) is 49.4 Å². The molecular weight excluding hydrogens is 396 g/mol. The van der Waals surface area contributed by atoms with Crippen LogP contribution in [0.15, 0.2) is 42.5 Å². The van der Waals surface area contributed by atoms with Crippen LogP contribution >= 0.6 is 0 Å². The highest BCUT2D eigenvalue weighted by molar-refractivity contribution is 6.21. The zero-order valence-electron chi connectivity index (χ0n) is 16.9. The standard InChI is InChI=1S/C22H20N6O3/c1-13-2-9-17-18(12-13)22(31)27(21(17)30)11-10-19(29)23-15-5-3-14(4-6-15)20-24-25-26-28(20)16-7-8-16/h2-6,9,12,16H,7-8,10-11H2,1H3,(H,23,29). The maximum atomic E-state index is 12.5. The molecule has 9 heteroatoms. The molecule has 1 saturated carbocycles. The largest absolute Gasteiger partial charge is 0.326 e. The number of fused-ring (bicyclic) bond motifs is 1. The summed E-state index contributed by atoms with van der Waals surface area (Å²) < 4.78 is 1.83. The zero-order valence-corrected chi connectivity index (χ0v) is 16.9. The zero-order chi connectivity index (χ0) is 21.5. The van der Waals surface area contributed by atoms with Gasteiger partial charge in [0.2, 0.25) is 5.91 Å². The molecule has 0 spiro atoms. The van der Waals surface area contributed by atoms with Gasteiger partial charge in [-0.1, -0.05) is 11.6 Å². The number of aromatic nitrogens is 4. The topological polar surface area (TPSA) is 110 Å². The maximum Gasteiger partial charge on any atom is 0.261 e. The summed E-state index contributed by atoms with van der Waals surface area (Å²) in [5.74, 6) is -0.274. The van der Waals surface area contributed by atoms with Crippen molar-refractivity contribution in [2.24, 2.45) is 0 Å². The van der Waals surface area contributed by atoms with Gasteiger partial charge < -0.3 is 5.32 Å². The predicted molar refractivity (Wildman–Crippen MR) is 111 cm³/mol. The van der Waals surface area contributed by atoms with E-state index >= 15 is 0 Å². The first-order valence-electron chi connectivity index (χ1n) is 10.2. The Bertz CT molecular complexity index is 1200. The van der Waals surface area contributed by atoms with Crippen LogP contribution in [0.1, 0.15) is 51.6 Å². The second-order valence-corrected chi connectivity index (χ2v) is 7.86. The molecule has 1 N–H and O–H groups in total. The SMILES string of the molecule is Cc1ccc2c(c1)C(=O)N(CCC(=O)Nc1ccc(-c3nnnn3C3CC3)cc1)C2=O. The number of amides is 3. The van der Waals surface area contributed by atoms with Crippen molar-refractivity contribution in [1.29, 1.82) is 0 Å². The molecule has 1 aromatic heterocycles. The maximum absolute atomic E-state index is 12.5. The quantitative estimate of drug-likeness (QED) is 0.619. The van der Waals surface area contributed by atoms with Crippen molar-refractivity contribution < 1.29 is 14.4 Å². The first-order valence-corrected chi connectivity index (χ1v) is 10.2. The lowest BCUT2D eigenvalue weighted by Crippen LogP contribution is -2.32. The van der Waals surface area contributed by atoms with Crippen LogP contribution in [-0.2, 0) is 4.79 Å². The smallest absolute Gasteiger partial charge is 0.261 e. The third-order valence-electron chi connectivity index (χ3n) is 5.50. The molecule has 0 atom stereocenters. The van der Waals surface area contributed by atoms with Gasteiger partial charge in [0, 0.05) is 24.2 Å². The summed E-state index contributed by atoms with van der Waals surface area (Å²) in [4.78, 5) is 38.5. The molecule has 156 valence electrons. The van der Waals surface area contributed by atoms with Crippen LogP contribution in [0.25, 0.3) is 11.4 Å². The van der Waals surface area contributed by atoms with E-state index < -0.39 is 0 Å². The van der Waals surface area contributed by atoms with Crippen molar-refractivity contribution in [3.63, 3.8) is 0 Å². The van der Waals surface area contributed by atoms with Crippen molar-refractivity contribution >= 4 is 23.4 Å². The van der Waals surface area contributed by atoms with E-state index in [1.807, 2.05) is 23.7 Å². The summed E-state index contributed by atoms with van der Waals surface area (Å²) >= 11 is 0. The predicted octanol–water partition coefficient (Wildman–Crippen LogP) is 2.61. The van der Waals surface area contributed by atoms with Crippen LogP contribution in [0.2, 0.25) is 0 Å². The monoisotopic (exact) mass is 416 g/mol. The van der Waals surface area contributed by atoms with Crippen molar-refractivity contribution in [3.05, 3.63) is 59.2 Å². The molecule has 0 unspecified atom stereocenters. The van der Waals surface area contributed by atoms with Gasteiger partial charge in [-0.05, 0) is 66.6 Å². The molecule has 1 aliphatic heterocycles. The number of rotatable bonds is 6. The third-order valence-corrected chi connectivity index (χ3v) is 5.50. The molecule has 1 fully saturated rings. The minimum absolute atomic E-state index is 0.0200. The normalized spacial score (nSPS) is 15.3. The first kappa shape index (κ1) is 19.1. The van der Waals surface area contributed by atoms with E-state index in [0.717, 1.165) is 28.9 Å². The fourth-order valence-electron chi connectivity index (χ4n) is 3.70. The van der Waals surface area contributed by atoms with Gasteiger partial charge in [-0.25, -0.2) is 4.68 Å². The Morgan fingerprint density at radius 3 is 2.55 bits per heavy atom. The molecule has 9 nitrogen and oxygen atoms in total. The summed E-state index contributed by atoms with van der Waals surface area (Å²) in [6.07, 6.45) is 2.18. The lowest BCUT2D eigenvalue weighted by molar-refractivity contribution is -0.116. The Hall–Kier alpha value is -3.88. The van der Waals surface area contributed by atoms with E-state index in [-0.39, 0.29) is 30.7 Å². The van der Waals surface area contributed by atoms with Gasteiger partial charge in [0.25, 0.3) is 11.8 Å². The number of anilines is 1. The number of imide groups is 1. The molecule has 5 rings (SSSR count). The van der Waals surface area contributed by atoms with Gasteiger partial charge >= 0.3 is 0 Å². The summed E-state index contributed by atoms with van der Waals surface area (Å²) in [5.41, 5.74) is 3.19. The fourth-order valence-corrected chi connectivity index (χ4v) is 3.70. The van der Waals surface area contributed by atoms with Crippen LogP contribution in [0, 0.1) is 6.92 Å². The van der Waals surface area contributed by atoms with Crippen LogP contribution in [0.5, 0.6) is 0 Å². The summed E-state index contributed by atoms with van der Waals surface area (Å²) in [6, 6.07) is 12.8. The number of hydrogen-bond acceptors (Lipinski definition) is 6. The molecule has 2 aromatic carbocycles. The summed E-state index contributed by atoms with van der Waals surface area (Å²) in [7, 11) is 0. The average molecular weight is 416 g/mol. The van der Waals surface area contributed by atoms with E-state index in [0.29, 0.717) is 28.7 Å². The van der Waals surface area contributed by atoms with E-state index in [1.54, 1.807) is 30.3 Å². The molecule has 0 saturated heterocycles. The molecule has 2 aliphatic rings. The Labute approximate surface area is 178 Å². The number of benzene rings is 2. The van der Waals surface area contributed by atoms with Crippen LogP contribution in [0.4, 0.5) is 5.69 Å². The minimum Gasteiger partial charge on any atom is -0.326 e. The molecule has 0 radical (unpaired) electrons. The molecule has 2 heterocycles. The van der Waals surface area contributed by atoms with Gasteiger partial charge in [-0.2, -0.15) is 0 Å². The lowest BCUT2D eigenvalue weighted by atomic mass is 10.1. The molecule has 3 amide bonds. The summed E-state index contributed by atoms with van der Waals surface area (Å²) in [6.45, 7) is 1.90. The van der Waals surface area contributed by atoms with E-state index in [1.165, 1.54) is 0 Å². The van der Waals surface area contributed by atoms with Crippen molar-refractivity contribution in [2.75, 3.05) is 11.9 Å². The highest BCUT2D eigenvalue weighted by Crippen LogP contribution is 2.36.